The average molecular weight is 347 g/mol. The van der Waals surface area contributed by atoms with Crippen LogP contribution in [-0.4, -0.2) is 25.6 Å². The Morgan fingerprint density at radius 2 is 1.85 bits per heavy atom. The number of nitrogens with zero attached hydrogens (tertiary/aromatic N) is 4. The van der Waals surface area contributed by atoms with Crippen molar-refractivity contribution in [2.75, 3.05) is 0 Å². The number of tetrazole rings is 1. The van der Waals surface area contributed by atoms with Gasteiger partial charge in [0.1, 0.15) is 0 Å². The van der Waals surface area contributed by atoms with Gasteiger partial charge in [-0.1, -0.05) is 50.6 Å². The second-order valence-electron chi connectivity index (χ2n) is 7.16. The van der Waals surface area contributed by atoms with Gasteiger partial charge in [0, 0.05) is 5.69 Å². The van der Waals surface area contributed by atoms with Crippen LogP contribution in [0.2, 0.25) is 0 Å². The Morgan fingerprint density at radius 3 is 2.58 bits per heavy atom. The van der Waals surface area contributed by atoms with E-state index in [1.165, 1.54) is 41.6 Å². The molecule has 3 aromatic rings. The molecule has 0 saturated heterocycles. The summed E-state index contributed by atoms with van der Waals surface area (Å²) in [5, 5.41) is 14.9. The van der Waals surface area contributed by atoms with Gasteiger partial charge >= 0.3 is 0 Å². The second-order valence-corrected chi connectivity index (χ2v) is 7.16. The third-order valence-electron chi connectivity index (χ3n) is 5.48. The van der Waals surface area contributed by atoms with Crippen LogP contribution in [0.3, 0.4) is 0 Å². The van der Waals surface area contributed by atoms with E-state index in [-0.39, 0.29) is 0 Å². The molecule has 4 rings (SSSR count). The van der Waals surface area contributed by atoms with E-state index in [0.717, 1.165) is 36.3 Å². The molecule has 26 heavy (non-hydrogen) atoms. The summed E-state index contributed by atoms with van der Waals surface area (Å²) in [6.07, 6.45) is 6.87. The lowest BCUT2D eigenvalue weighted by Crippen LogP contribution is -2.09. The number of aromatic amines is 1. The number of aromatic nitrogens is 5. The van der Waals surface area contributed by atoms with Crippen molar-refractivity contribution >= 4 is 0 Å². The van der Waals surface area contributed by atoms with Crippen molar-refractivity contribution in [3.63, 3.8) is 0 Å². The Kier molecular flexibility index (Phi) is 4.78. The maximum absolute atomic E-state index is 5.17. The first-order chi connectivity index (χ1) is 12.8. The van der Waals surface area contributed by atoms with E-state index in [9.17, 15) is 0 Å². The summed E-state index contributed by atoms with van der Waals surface area (Å²) in [5.41, 5.74) is 7.34. The lowest BCUT2D eigenvalue weighted by molar-refractivity contribution is 0.691. The zero-order valence-electron chi connectivity index (χ0n) is 15.5. The van der Waals surface area contributed by atoms with Crippen LogP contribution in [-0.2, 0) is 12.8 Å². The quantitative estimate of drug-likeness (QED) is 0.694. The highest BCUT2D eigenvalue weighted by Crippen LogP contribution is 2.41. The van der Waals surface area contributed by atoms with Gasteiger partial charge in [0.2, 0.25) is 0 Å². The molecule has 5 heteroatoms. The number of H-pyrrole nitrogens is 1. The molecule has 5 nitrogen and oxygen atoms in total. The van der Waals surface area contributed by atoms with E-state index in [2.05, 4.69) is 64.8 Å². The molecule has 0 fully saturated rings. The molecule has 1 aliphatic carbocycles. The lowest BCUT2D eigenvalue weighted by atomic mass is 9.86. The van der Waals surface area contributed by atoms with Gasteiger partial charge in [-0.2, -0.15) is 0 Å². The Bertz CT molecular complexity index is 871. The Balaban J connectivity index is 2.07. The molecule has 134 valence electrons. The summed E-state index contributed by atoms with van der Waals surface area (Å²) in [6.45, 7) is 4.45. The first-order valence-corrected chi connectivity index (χ1v) is 9.64. The number of hydrogen-bond donors (Lipinski definition) is 1. The minimum absolute atomic E-state index is 0.353. The fourth-order valence-electron chi connectivity index (χ4n) is 3.92. The van der Waals surface area contributed by atoms with E-state index in [1.807, 2.05) is 0 Å². The van der Waals surface area contributed by atoms with Gasteiger partial charge in [-0.05, 0) is 65.1 Å². The van der Waals surface area contributed by atoms with Gasteiger partial charge < -0.3 is 0 Å². The zero-order valence-corrected chi connectivity index (χ0v) is 15.5. The number of nitrogens with one attached hydrogen (secondary N) is 1. The molecule has 0 spiro atoms. The SMILES string of the molecule is CCC(C)c1nc2c(c(-c3ccccc3)c1-c1nnn[nH]1)CCCCC2. The van der Waals surface area contributed by atoms with Gasteiger partial charge in [-0.15, -0.1) is 5.10 Å². The first kappa shape index (κ1) is 16.9. The fourth-order valence-corrected chi connectivity index (χ4v) is 3.92. The Hall–Kier alpha value is -2.56. The molecule has 0 aliphatic heterocycles. The number of fused-ring (bicyclic) bond motifs is 1. The lowest BCUT2D eigenvalue weighted by Gasteiger charge is -2.22. The zero-order chi connectivity index (χ0) is 17.9. The third-order valence-corrected chi connectivity index (χ3v) is 5.48. The van der Waals surface area contributed by atoms with Gasteiger partial charge in [-0.3, -0.25) is 4.98 Å². The highest BCUT2D eigenvalue weighted by atomic mass is 15.5. The number of hydrogen-bond acceptors (Lipinski definition) is 4. The average Bonchev–Trinajstić information content (AvgIpc) is 3.11. The largest absolute Gasteiger partial charge is 0.257 e. The minimum atomic E-state index is 0.353. The summed E-state index contributed by atoms with van der Waals surface area (Å²) in [7, 11) is 0. The van der Waals surface area contributed by atoms with E-state index in [0.29, 0.717) is 5.92 Å². The van der Waals surface area contributed by atoms with Crippen molar-refractivity contribution < 1.29 is 0 Å². The molecule has 1 aliphatic rings. The van der Waals surface area contributed by atoms with Crippen molar-refractivity contribution in [2.24, 2.45) is 0 Å². The van der Waals surface area contributed by atoms with Gasteiger partial charge in [0.25, 0.3) is 0 Å². The van der Waals surface area contributed by atoms with Crippen molar-refractivity contribution in [2.45, 2.75) is 58.3 Å². The maximum Gasteiger partial charge on any atom is 0.181 e. The summed E-state index contributed by atoms with van der Waals surface area (Å²) in [5.74, 6) is 1.07. The van der Waals surface area contributed by atoms with Gasteiger partial charge in [-0.25, -0.2) is 5.10 Å². The predicted molar refractivity (Wildman–Crippen MR) is 103 cm³/mol. The molecule has 2 aromatic heterocycles. The highest BCUT2D eigenvalue weighted by Gasteiger charge is 2.26. The van der Waals surface area contributed by atoms with Crippen LogP contribution in [0.1, 0.15) is 62.4 Å². The first-order valence-electron chi connectivity index (χ1n) is 9.64. The molecule has 0 amide bonds. The molecule has 2 heterocycles. The number of rotatable bonds is 4. The number of pyridine rings is 1. The summed E-state index contributed by atoms with van der Waals surface area (Å²) < 4.78 is 0. The van der Waals surface area contributed by atoms with Gasteiger partial charge in [0.05, 0.1) is 11.3 Å². The predicted octanol–water partition coefficient (Wildman–Crippen LogP) is 4.71. The van der Waals surface area contributed by atoms with Crippen molar-refractivity contribution in [1.29, 1.82) is 0 Å². The smallest absolute Gasteiger partial charge is 0.181 e. The maximum atomic E-state index is 5.17. The third kappa shape index (κ3) is 3.02. The summed E-state index contributed by atoms with van der Waals surface area (Å²) in [6, 6.07) is 10.6. The van der Waals surface area contributed by atoms with Crippen LogP contribution in [0.5, 0.6) is 0 Å². The number of aryl methyl sites for hydroxylation is 1. The van der Waals surface area contributed by atoms with Crippen LogP contribution in [0, 0.1) is 0 Å². The monoisotopic (exact) mass is 347 g/mol. The Morgan fingerprint density at radius 1 is 1.04 bits per heavy atom. The minimum Gasteiger partial charge on any atom is -0.257 e. The molecule has 1 unspecified atom stereocenters. The molecule has 1 N–H and O–H groups in total. The van der Waals surface area contributed by atoms with Crippen LogP contribution < -0.4 is 0 Å². The molecule has 0 bridgehead atoms. The number of benzene rings is 1. The molecule has 0 saturated carbocycles. The van der Waals surface area contributed by atoms with Crippen molar-refractivity contribution in [3.05, 3.63) is 47.3 Å². The van der Waals surface area contributed by atoms with E-state index >= 15 is 0 Å². The molecular weight excluding hydrogens is 322 g/mol. The van der Waals surface area contributed by atoms with Crippen LogP contribution in [0.4, 0.5) is 0 Å². The molecule has 1 aromatic carbocycles. The van der Waals surface area contributed by atoms with Gasteiger partial charge in [0.15, 0.2) is 5.82 Å². The van der Waals surface area contributed by atoms with Crippen molar-refractivity contribution in [3.8, 4) is 22.5 Å². The molecular formula is C21H25N5. The molecule has 0 radical (unpaired) electrons. The highest BCUT2D eigenvalue weighted by molar-refractivity contribution is 5.85. The fraction of sp³-hybridized carbons (Fsp3) is 0.429. The van der Waals surface area contributed by atoms with Crippen molar-refractivity contribution in [1.82, 2.24) is 25.6 Å². The van der Waals surface area contributed by atoms with Crippen LogP contribution in [0.15, 0.2) is 30.3 Å². The second kappa shape index (κ2) is 7.36. The van der Waals surface area contributed by atoms with E-state index < -0.39 is 0 Å². The van der Waals surface area contributed by atoms with Crippen LogP contribution >= 0.6 is 0 Å². The standard InChI is InChI=1S/C21H25N5/c1-3-14(2)20-19(21-23-25-26-24-21)18(15-10-6-4-7-11-15)16-12-8-5-9-13-17(16)22-20/h4,6-7,10-11,14H,3,5,8-9,12-13H2,1-2H3,(H,23,24,25,26). The van der Waals surface area contributed by atoms with Crippen LogP contribution in [0.25, 0.3) is 22.5 Å². The van der Waals surface area contributed by atoms with E-state index in [1.54, 1.807) is 0 Å². The topological polar surface area (TPSA) is 67.3 Å². The Labute approximate surface area is 154 Å². The summed E-state index contributed by atoms with van der Waals surface area (Å²) in [4.78, 5) is 5.17. The normalized spacial score (nSPS) is 15.3. The molecule has 1 atom stereocenters. The van der Waals surface area contributed by atoms with E-state index in [4.69, 9.17) is 4.98 Å². The summed E-state index contributed by atoms with van der Waals surface area (Å²) >= 11 is 0.